The van der Waals surface area contributed by atoms with Gasteiger partial charge in [0, 0.05) is 26.4 Å². The van der Waals surface area contributed by atoms with E-state index in [1.807, 2.05) is 17.5 Å². The van der Waals surface area contributed by atoms with Gasteiger partial charge in [-0.25, -0.2) is 0 Å². The Labute approximate surface area is 90.1 Å². The minimum absolute atomic E-state index is 0.358. The van der Waals surface area contributed by atoms with Crippen LogP contribution in [-0.2, 0) is 5.88 Å². The van der Waals surface area contributed by atoms with Gasteiger partial charge >= 0.3 is 0 Å². The van der Waals surface area contributed by atoms with Gasteiger partial charge in [0.15, 0.2) is 0 Å². The summed E-state index contributed by atoms with van der Waals surface area (Å²) in [5.74, 6) is 0.358. The highest BCUT2D eigenvalue weighted by Gasteiger charge is 2.09. The lowest BCUT2D eigenvalue weighted by molar-refractivity contribution is 1.43. The Balaban J connectivity index is 2.85. The number of alkyl halides is 1. The molecule has 1 heterocycles. The summed E-state index contributed by atoms with van der Waals surface area (Å²) in [5.41, 5.74) is 7.45. The van der Waals surface area contributed by atoms with Crippen LogP contribution in [-0.4, -0.2) is 0 Å². The summed E-state index contributed by atoms with van der Waals surface area (Å²) in [6.45, 7) is 0. The van der Waals surface area contributed by atoms with Crippen molar-refractivity contribution >= 4 is 50.3 Å². The van der Waals surface area contributed by atoms with Crippen molar-refractivity contribution in [2.24, 2.45) is 0 Å². The number of anilines is 1. The number of halogens is 2. The highest BCUT2D eigenvalue weighted by Crippen LogP contribution is 2.35. The lowest BCUT2D eigenvalue weighted by Crippen LogP contribution is -1.93. The molecule has 4 heteroatoms. The maximum atomic E-state index is 6.01. The van der Waals surface area contributed by atoms with Gasteiger partial charge in [-0.1, -0.05) is 11.6 Å². The van der Waals surface area contributed by atoms with E-state index in [0.29, 0.717) is 16.6 Å². The molecule has 0 aliphatic rings. The number of nitrogen functional groups attached to an aromatic ring is 1. The first-order valence-electron chi connectivity index (χ1n) is 3.74. The fourth-order valence-corrected chi connectivity index (χ4v) is 2.82. The van der Waals surface area contributed by atoms with E-state index in [0.717, 1.165) is 15.6 Å². The maximum absolute atomic E-state index is 6.01. The predicted molar refractivity (Wildman–Crippen MR) is 60.8 cm³/mol. The minimum atomic E-state index is 0.358. The lowest BCUT2D eigenvalue weighted by Gasteiger charge is -2.05. The molecule has 0 bridgehead atoms. The van der Waals surface area contributed by atoms with Crippen molar-refractivity contribution in [1.29, 1.82) is 0 Å². The molecule has 2 aromatic rings. The molecule has 0 spiro atoms. The van der Waals surface area contributed by atoms with E-state index < -0.39 is 0 Å². The Morgan fingerprint density at radius 2 is 2.23 bits per heavy atom. The Morgan fingerprint density at radius 1 is 1.46 bits per heavy atom. The molecular weight excluding hydrogens is 225 g/mol. The topological polar surface area (TPSA) is 26.0 Å². The Hall–Kier alpha value is -0.440. The van der Waals surface area contributed by atoms with Crippen molar-refractivity contribution in [3.8, 4) is 0 Å². The predicted octanol–water partition coefficient (Wildman–Crippen LogP) is 3.88. The van der Waals surface area contributed by atoms with E-state index in [-0.39, 0.29) is 0 Å². The Bertz CT molecular complexity index is 450. The Kier molecular flexibility index (Phi) is 2.37. The molecular formula is C9H7Cl2NS. The standard InChI is InChI=1S/C9H7Cl2NS/c10-4-6-7(11)3-8-5(9(6)12)1-2-13-8/h1-3H,4,12H2. The molecule has 1 aromatic heterocycles. The van der Waals surface area contributed by atoms with Crippen LogP contribution in [0.1, 0.15) is 5.56 Å². The fourth-order valence-electron chi connectivity index (χ4n) is 1.28. The first-order chi connectivity index (χ1) is 6.24. The molecule has 2 rings (SSSR count). The molecule has 0 saturated carbocycles. The van der Waals surface area contributed by atoms with Crippen LogP contribution in [0.15, 0.2) is 17.5 Å². The summed E-state index contributed by atoms with van der Waals surface area (Å²) >= 11 is 13.4. The molecule has 0 radical (unpaired) electrons. The molecule has 13 heavy (non-hydrogen) atoms. The van der Waals surface area contributed by atoms with Gasteiger partial charge in [-0.05, 0) is 17.5 Å². The zero-order chi connectivity index (χ0) is 9.42. The van der Waals surface area contributed by atoms with Crippen molar-refractivity contribution in [2.75, 3.05) is 5.73 Å². The first kappa shape index (κ1) is 9.13. The summed E-state index contributed by atoms with van der Waals surface area (Å²) in [6, 6.07) is 3.90. The third-order valence-electron chi connectivity index (χ3n) is 1.99. The van der Waals surface area contributed by atoms with Gasteiger partial charge in [-0.15, -0.1) is 22.9 Å². The number of nitrogens with two attached hydrogens (primary N) is 1. The van der Waals surface area contributed by atoms with Crippen LogP contribution in [0.4, 0.5) is 5.69 Å². The van der Waals surface area contributed by atoms with Crippen molar-refractivity contribution in [1.82, 2.24) is 0 Å². The summed E-state index contributed by atoms with van der Waals surface area (Å²) in [7, 11) is 0. The quantitative estimate of drug-likeness (QED) is 0.586. The molecule has 1 nitrogen and oxygen atoms in total. The molecule has 0 aliphatic heterocycles. The molecule has 0 unspecified atom stereocenters. The SMILES string of the molecule is Nc1c(CCl)c(Cl)cc2sccc12. The zero-order valence-electron chi connectivity index (χ0n) is 6.68. The second-order valence-electron chi connectivity index (χ2n) is 2.72. The summed E-state index contributed by atoms with van der Waals surface area (Å²) in [6.07, 6.45) is 0. The van der Waals surface area contributed by atoms with Crippen molar-refractivity contribution in [2.45, 2.75) is 5.88 Å². The number of hydrogen-bond donors (Lipinski definition) is 1. The smallest absolute Gasteiger partial charge is 0.0509 e. The summed E-state index contributed by atoms with van der Waals surface area (Å²) < 4.78 is 1.11. The molecule has 0 amide bonds. The van der Waals surface area contributed by atoms with Crippen LogP contribution in [0.5, 0.6) is 0 Å². The normalized spacial score (nSPS) is 10.9. The average molecular weight is 232 g/mol. The van der Waals surface area contributed by atoms with Gasteiger partial charge < -0.3 is 5.73 Å². The monoisotopic (exact) mass is 231 g/mol. The maximum Gasteiger partial charge on any atom is 0.0509 e. The first-order valence-corrected chi connectivity index (χ1v) is 5.53. The van der Waals surface area contributed by atoms with Gasteiger partial charge in [-0.2, -0.15) is 0 Å². The summed E-state index contributed by atoms with van der Waals surface area (Å²) in [5, 5.41) is 3.70. The molecule has 2 N–H and O–H groups in total. The van der Waals surface area contributed by atoms with E-state index in [1.54, 1.807) is 11.3 Å². The van der Waals surface area contributed by atoms with Gasteiger partial charge in [-0.3, -0.25) is 0 Å². The van der Waals surface area contributed by atoms with Crippen molar-refractivity contribution in [3.63, 3.8) is 0 Å². The molecule has 0 fully saturated rings. The van der Waals surface area contributed by atoms with Crippen molar-refractivity contribution < 1.29 is 0 Å². The zero-order valence-corrected chi connectivity index (χ0v) is 9.01. The molecule has 68 valence electrons. The van der Waals surface area contributed by atoms with Gasteiger partial charge in [0.05, 0.1) is 5.88 Å². The van der Waals surface area contributed by atoms with Gasteiger partial charge in [0.25, 0.3) is 0 Å². The third-order valence-corrected chi connectivity index (χ3v) is 3.46. The number of hydrogen-bond acceptors (Lipinski definition) is 2. The molecule has 1 aromatic carbocycles. The van der Waals surface area contributed by atoms with Gasteiger partial charge in [0.2, 0.25) is 0 Å². The van der Waals surface area contributed by atoms with E-state index in [1.165, 1.54) is 0 Å². The second kappa shape index (κ2) is 3.37. The third kappa shape index (κ3) is 1.39. The summed E-state index contributed by atoms with van der Waals surface area (Å²) in [4.78, 5) is 0. The van der Waals surface area contributed by atoms with E-state index in [9.17, 15) is 0 Å². The molecule has 0 atom stereocenters. The average Bonchev–Trinajstić information content (AvgIpc) is 2.53. The van der Waals surface area contributed by atoms with E-state index >= 15 is 0 Å². The fraction of sp³-hybridized carbons (Fsp3) is 0.111. The van der Waals surface area contributed by atoms with Crippen molar-refractivity contribution in [3.05, 3.63) is 28.1 Å². The van der Waals surface area contributed by atoms with Crippen LogP contribution in [0.25, 0.3) is 10.1 Å². The number of benzene rings is 1. The minimum Gasteiger partial charge on any atom is -0.398 e. The highest BCUT2D eigenvalue weighted by molar-refractivity contribution is 7.17. The number of fused-ring (bicyclic) bond motifs is 1. The Morgan fingerprint density at radius 3 is 2.92 bits per heavy atom. The van der Waals surface area contributed by atoms with Crippen LogP contribution in [0.3, 0.4) is 0 Å². The number of thiophene rings is 1. The number of rotatable bonds is 1. The van der Waals surface area contributed by atoms with Crippen LogP contribution < -0.4 is 5.73 Å². The lowest BCUT2D eigenvalue weighted by atomic mass is 10.1. The van der Waals surface area contributed by atoms with Crippen LogP contribution >= 0.6 is 34.5 Å². The largest absolute Gasteiger partial charge is 0.398 e. The van der Waals surface area contributed by atoms with E-state index in [2.05, 4.69) is 0 Å². The highest BCUT2D eigenvalue weighted by atomic mass is 35.5. The second-order valence-corrected chi connectivity index (χ2v) is 4.34. The molecule has 0 aliphatic carbocycles. The van der Waals surface area contributed by atoms with Crippen LogP contribution in [0.2, 0.25) is 5.02 Å². The van der Waals surface area contributed by atoms with E-state index in [4.69, 9.17) is 28.9 Å². The van der Waals surface area contributed by atoms with Gasteiger partial charge in [0.1, 0.15) is 0 Å². The van der Waals surface area contributed by atoms with Crippen LogP contribution in [0, 0.1) is 0 Å². The molecule has 0 saturated heterocycles.